The van der Waals surface area contributed by atoms with Crippen LogP contribution in [0.15, 0.2) is 174 Å². The molecular weight excluding hydrogens is 653 g/mol. The molecule has 0 radical (unpaired) electrons. The number of rotatable bonds is 4. The van der Waals surface area contributed by atoms with Crippen LogP contribution in [0.4, 0.5) is 0 Å². The Balaban J connectivity index is 1.11. The first-order valence-electron chi connectivity index (χ1n) is 17.5. The SMILES string of the molecule is c1ccc(-c2ccc3ccc(-c4ccc5oc6cccc(-c7nc(-c8ccc9ccccc9c8)c8sc9ccccc9c8n7)c6c5c4)cc3c2)cc1. The summed E-state index contributed by atoms with van der Waals surface area (Å²) >= 11 is 1.76. The van der Waals surface area contributed by atoms with Crippen LogP contribution in [0.25, 0.3) is 109 Å². The molecule has 0 spiro atoms. The molecule has 3 nitrogen and oxygen atoms in total. The number of hydrogen-bond acceptors (Lipinski definition) is 4. The van der Waals surface area contributed by atoms with Crippen LogP contribution in [0.5, 0.6) is 0 Å². The zero-order chi connectivity index (χ0) is 34.2. The third-order valence-electron chi connectivity index (χ3n) is 10.3. The van der Waals surface area contributed by atoms with Gasteiger partial charge in [-0.3, -0.25) is 0 Å². The molecular formula is C48H28N2OS. The van der Waals surface area contributed by atoms with Gasteiger partial charge in [0.2, 0.25) is 0 Å². The van der Waals surface area contributed by atoms with Gasteiger partial charge >= 0.3 is 0 Å². The molecule has 0 unspecified atom stereocenters. The molecule has 0 fully saturated rings. The van der Waals surface area contributed by atoms with Gasteiger partial charge in [-0.05, 0) is 86.3 Å². The van der Waals surface area contributed by atoms with Crippen molar-refractivity contribution in [3.05, 3.63) is 170 Å². The van der Waals surface area contributed by atoms with Gasteiger partial charge in [0, 0.05) is 32.0 Å². The average molecular weight is 681 g/mol. The van der Waals surface area contributed by atoms with Crippen LogP contribution in [-0.4, -0.2) is 9.97 Å². The molecule has 4 heteroatoms. The summed E-state index contributed by atoms with van der Waals surface area (Å²) in [6, 6.07) is 60.3. The van der Waals surface area contributed by atoms with Gasteiger partial charge in [-0.1, -0.05) is 127 Å². The minimum Gasteiger partial charge on any atom is -0.456 e. The second-order valence-corrected chi connectivity index (χ2v) is 14.4. The van der Waals surface area contributed by atoms with Crippen LogP contribution < -0.4 is 0 Å². The smallest absolute Gasteiger partial charge is 0.161 e. The number of thiophene rings is 1. The van der Waals surface area contributed by atoms with Crippen molar-refractivity contribution in [1.29, 1.82) is 0 Å². The lowest BCUT2D eigenvalue weighted by molar-refractivity contribution is 0.669. The fourth-order valence-corrected chi connectivity index (χ4v) is 8.83. The monoisotopic (exact) mass is 680 g/mol. The van der Waals surface area contributed by atoms with Crippen molar-refractivity contribution in [3.8, 4) is 44.9 Å². The van der Waals surface area contributed by atoms with Crippen molar-refractivity contribution in [3.63, 3.8) is 0 Å². The van der Waals surface area contributed by atoms with E-state index in [2.05, 4.69) is 158 Å². The third-order valence-corrected chi connectivity index (χ3v) is 11.4. The normalized spacial score (nSPS) is 11.8. The van der Waals surface area contributed by atoms with E-state index in [1.54, 1.807) is 11.3 Å². The molecule has 0 saturated carbocycles. The van der Waals surface area contributed by atoms with E-state index in [0.717, 1.165) is 65.5 Å². The van der Waals surface area contributed by atoms with Crippen LogP contribution in [0.3, 0.4) is 0 Å². The molecule has 0 saturated heterocycles. The Morgan fingerprint density at radius 2 is 1.10 bits per heavy atom. The first-order valence-corrected chi connectivity index (χ1v) is 18.3. The minimum atomic E-state index is 0.692. The van der Waals surface area contributed by atoms with E-state index in [1.807, 2.05) is 12.1 Å². The molecule has 3 aromatic heterocycles. The van der Waals surface area contributed by atoms with Gasteiger partial charge in [-0.15, -0.1) is 11.3 Å². The Hall–Kier alpha value is -6.62. The van der Waals surface area contributed by atoms with Gasteiger partial charge in [0.15, 0.2) is 5.82 Å². The number of fused-ring (bicyclic) bond motifs is 8. The fraction of sp³-hybridized carbons (Fsp3) is 0. The summed E-state index contributed by atoms with van der Waals surface area (Å²) in [7, 11) is 0. The van der Waals surface area contributed by atoms with E-state index >= 15 is 0 Å². The number of furan rings is 1. The Morgan fingerprint density at radius 3 is 1.96 bits per heavy atom. The van der Waals surface area contributed by atoms with Gasteiger partial charge in [0.1, 0.15) is 11.2 Å². The molecule has 0 aliphatic heterocycles. The van der Waals surface area contributed by atoms with Crippen molar-refractivity contribution in [2.75, 3.05) is 0 Å². The summed E-state index contributed by atoms with van der Waals surface area (Å²) < 4.78 is 8.79. The number of nitrogens with zero attached hydrogens (tertiary/aromatic N) is 2. The lowest BCUT2D eigenvalue weighted by Crippen LogP contribution is -1.94. The highest BCUT2D eigenvalue weighted by atomic mass is 32.1. The van der Waals surface area contributed by atoms with Gasteiger partial charge in [-0.25, -0.2) is 9.97 Å². The maximum absolute atomic E-state index is 6.49. The zero-order valence-corrected chi connectivity index (χ0v) is 28.7. The molecule has 242 valence electrons. The Kier molecular flexibility index (Phi) is 6.42. The highest BCUT2D eigenvalue weighted by Gasteiger charge is 2.20. The Labute approximate surface area is 303 Å². The Bertz CT molecular complexity index is 3190. The van der Waals surface area contributed by atoms with Crippen molar-refractivity contribution in [1.82, 2.24) is 9.97 Å². The lowest BCUT2D eigenvalue weighted by Gasteiger charge is -2.09. The highest BCUT2D eigenvalue weighted by molar-refractivity contribution is 7.26. The largest absolute Gasteiger partial charge is 0.456 e. The van der Waals surface area contributed by atoms with E-state index in [-0.39, 0.29) is 0 Å². The summed E-state index contributed by atoms with van der Waals surface area (Å²) in [5.74, 6) is 0.692. The van der Waals surface area contributed by atoms with Crippen molar-refractivity contribution in [2.24, 2.45) is 0 Å². The molecule has 0 bridgehead atoms. The molecule has 3 heterocycles. The zero-order valence-electron chi connectivity index (χ0n) is 27.9. The minimum absolute atomic E-state index is 0.692. The average Bonchev–Trinajstić information content (AvgIpc) is 3.78. The quantitative estimate of drug-likeness (QED) is 0.186. The van der Waals surface area contributed by atoms with Gasteiger partial charge < -0.3 is 4.42 Å². The molecule has 0 N–H and O–H groups in total. The van der Waals surface area contributed by atoms with Crippen LogP contribution in [-0.2, 0) is 0 Å². The third kappa shape index (κ3) is 4.65. The summed E-state index contributed by atoms with van der Waals surface area (Å²) in [6.07, 6.45) is 0. The predicted molar refractivity (Wildman–Crippen MR) is 219 cm³/mol. The van der Waals surface area contributed by atoms with Gasteiger partial charge in [0.05, 0.1) is 15.9 Å². The van der Waals surface area contributed by atoms with Gasteiger partial charge in [0.25, 0.3) is 0 Å². The van der Waals surface area contributed by atoms with Crippen molar-refractivity contribution >= 4 is 75.1 Å². The van der Waals surface area contributed by atoms with Crippen LogP contribution in [0, 0.1) is 0 Å². The van der Waals surface area contributed by atoms with E-state index in [9.17, 15) is 0 Å². The first-order chi connectivity index (χ1) is 25.7. The molecule has 0 aliphatic carbocycles. The lowest BCUT2D eigenvalue weighted by atomic mass is 9.96. The summed E-state index contributed by atoms with van der Waals surface area (Å²) in [5, 5.41) is 8.05. The van der Waals surface area contributed by atoms with Gasteiger partial charge in [-0.2, -0.15) is 0 Å². The highest BCUT2D eigenvalue weighted by Crippen LogP contribution is 2.43. The molecule has 11 aromatic rings. The molecule has 0 amide bonds. The van der Waals surface area contributed by atoms with Crippen LogP contribution in [0.1, 0.15) is 0 Å². The van der Waals surface area contributed by atoms with Crippen LogP contribution in [0.2, 0.25) is 0 Å². The number of benzene rings is 8. The standard InChI is InChI=1S/C48H28N2OS/c1-2-9-29(10-3-1)33-20-17-31-18-21-34(27-37(31)26-33)35-23-24-41-40(28-35)44-39(14-8-15-42(44)51-41)48-49-45(36-22-19-30-11-4-5-12-32(30)25-36)47-46(50-48)38-13-6-7-16-43(38)52-47/h1-28H. The Morgan fingerprint density at radius 1 is 0.423 bits per heavy atom. The maximum atomic E-state index is 6.49. The summed E-state index contributed by atoms with van der Waals surface area (Å²) in [6.45, 7) is 0. The van der Waals surface area contributed by atoms with Crippen molar-refractivity contribution in [2.45, 2.75) is 0 Å². The topological polar surface area (TPSA) is 38.9 Å². The molecule has 8 aromatic carbocycles. The maximum Gasteiger partial charge on any atom is 0.161 e. The van der Waals surface area contributed by atoms with E-state index in [0.29, 0.717) is 5.82 Å². The molecule has 52 heavy (non-hydrogen) atoms. The van der Waals surface area contributed by atoms with E-state index in [4.69, 9.17) is 14.4 Å². The van der Waals surface area contributed by atoms with E-state index < -0.39 is 0 Å². The van der Waals surface area contributed by atoms with Crippen molar-refractivity contribution < 1.29 is 4.42 Å². The van der Waals surface area contributed by atoms with Crippen LogP contribution >= 0.6 is 11.3 Å². The second-order valence-electron chi connectivity index (χ2n) is 13.4. The molecule has 0 atom stereocenters. The van der Waals surface area contributed by atoms with E-state index in [1.165, 1.54) is 37.4 Å². The first kappa shape index (κ1) is 29.1. The summed E-state index contributed by atoms with van der Waals surface area (Å²) in [5.41, 5.74) is 10.3. The molecule has 11 rings (SSSR count). The predicted octanol–water partition coefficient (Wildman–Crippen LogP) is 13.7. The summed E-state index contributed by atoms with van der Waals surface area (Å²) in [4.78, 5) is 10.7. The molecule has 0 aliphatic rings. The second kappa shape index (κ2) is 11.5. The fourth-order valence-electron chi connectivity index (χ4n) is 7.67. The number of hydrogen-bond donors (Lipinski definition) is 0. The number of aromatic nitrogens is 2.